The number of imidazole rings is 1. The smallest absolute Gasteiger partial charge is 0.244 e. The SMILES string of the molecule is CC1(C)CC(OC(O)Cn2cc[n+](CC(O)OC3CC(C)(C)N(O)C(C)(C)C3)c2)CC(C)(C)N1O. The molecule has 3 rings (SSSR count). The lowest BCUT2D eigenvalue weighted by molar-refractivity contribution is -0.710. The number of hydrogen-bond donors (Lipinski definition) is 4. The Kier molecular flexibility index (Phi) is 8.12. The van der Waals surface area contributed by atoms with Crippen molar-refractivity contribution >= 4 is 0 Å². The molecule has 2 fully saturated rings. The first-order chi connectivity index (χ1) is 15.9. The van der Waals surface area contributed by atoms with Gasteiger partial charge in [-0.05, 0) is 81.1 Å². The average molecular weight is 500 g/mol. The number of aromatic nitrogens is 2. The first-order valence-corrected chi connectivity index (χ1v) is 12.6. The summed E-state index contributed by atoms with van der Waals surface area (Å²) in [6.07, 6.45) is 5.56. The molecule has 0 spiro atoms. The van der Waals surface area contributed by atoms with E-state index in [4.69, 9.17) is 9.47 Å². The molecule has 0 radical (unpaired) electrons. The van der Waals surface area contributed by atoms with E-state index in [1.807, 2.05) is 76.9 Å². The molecule has 3 heterocycles. The maximum Gasteiger partial charge on any atom is 0.244 e. The molecule has 10 nitrogen and oxygen atoms in total. The third kappa shape index (κ3) is 6.81. The van der Waals surface area contributed by atoms with Crippen molar-refractivity contribution in [1.82, 2.24) is 14.7 Å². The van der Waals surface area contributed by atoms with Gasteiger partial charge in [-0.3, -0.25) is 0 Å². The maximum absolute atomic E-state index is 10.6. The Balaban J connectivity index is 1.50. The Morgan fingerprint density at radius 3 is 1.60 bits per heavy atom. The zero-order valence-corrected chi connectivity index (χ0v) is 22.7. The zero-order chi connectivity index (χ0) is 26.4. The second-order valence-electron chi connectivity index (χ2n) is 12.9. The Labute approximate surface area is 209 Å². The van der Waals surface area contributed by atoms with Crippen molar-refractivity contribution in [2.75, 3.05) is 0 Å². The van der Waals surface area contributed by atoms with Gasteiger partial charge in [0.1, 0.15) is 25.5 Å². The van der Waals surface area contributed by atoms with E-state index in [1.165, 1.54) is 10.1 Å². The van der Waals surface area contributed by atoms with Crippen LogP contribution in [0.5, 0.6) is 0 Å². The summed E-state index contributed by atoms with van der Waals surface area (Å²) in [5.74, 6) is 0. The highest BCUT2D eigenvalue weighted by Gasteiger charge is 2.47. The third-order valence-electron chi connectivity index (χ3n) is 7.38. The van der Waals surface area contributed by atoms with Gasteiger partial charge < -0.3 is 30.1 Å². The molecule has 2 saturated heterocycles. The van der Waals surface area contributed by atoms with Gasteiger partial charge in [-0.15, -0.1) is 0 Å². The van der Waals surface area contributed by atoms with Crippen molar-refractivity contribution in [1.29, 1.82) is 0 Å². The molecule has 202 valence electrons. The molecule has 0 aromatic carbocycles. The van der Waals surface area contributed by atoms with Crippen molar-refractivity contribution in [3.8, 4) is 0 Å². The fourth-order valence-corrected chi connectivity index (χ4v) is 6.10. The predicted molar refractivity (Wildman–Crippen MR) is 128 cm³/mol. The minimum Gasteiger partial charge on any atom is -0.365 e. The topological polar surface area (TPSA) is 115 Å². The van der Waals surface area contributed by atoms with E-state index in [0.29, 0.717) is 25.7 Å². The number of aliphatic hydroxyl groups excluding tert-OH is 2. The van der Waals surface area contributed by atoms with Gasteiger partial charge in [0.05, 0.1) is 12.2 Å². The number of hydroxylamine groups is 4. The summed E-state index contributed by atoms with van der Waals surface area (Å²) in [6.45, 7) is 16.2. The van der Waals surface area contributed by atoms with Crippen molar-refractivity contribution in [2.24, 2.45) is 0 Å². The van der Waals surface area contributed by atoms with Gasteiger partial charge in [-0.25, -0.2) is 9.13 Å². The molecule has 0 saturated carbocycles. The molecule has 1 aromatic rings. The Morgan fingerprint density at radius 2 is 1.17 bits per heavy atom. The van der Waals surface area contributed by atoms with Crippen molar-refractivity contribution in [3.63, 3.8) is 0 Å². The van der Waals surface area contributed by atoms with Gasteiger partial charge in [0.15, 0.2) is 12.6 Å². The van der Waals surface area contributed by atoms with Crippen LogP contribution in [-0.2, 0) is 22.6 Å². The van der Waals surface area contributed by atoms with Gasteiger partial charge in [0.2, 0.25) is 6.33 Å². The quantitative estimate of drug-likeness (QED) is 0.318. The predicted octanol–water partition coefficient (Wildman–Crippen LogP) is 2.27. The van der Waals surface area contributed by atoms with Crippen molar-refractivity contribution in [3.05, 3.63) is 18.7 Å². The number of aliphatic hydroxyl groups is 2. The van der Waals surface area contributed by atoms with Crippen LogP contribution < -0.4 is 4.57 Å². The molecule has 2 atom stereocenters. The van der Waals surface area contributed by atoms with Crippen LogP contribution in [0.4, 0.5) is 0 Å². The molecular formula is C25H47N4O6+. The Hall–Kier alpha value is -1.11. The van der Waals surface area contributed by atoms with E-state index in [9.17, 15) is 20.6 Å². The van der Waals surface area contributed by atoms with Crippen LogP contribution >= 0.6 is 0 Å². The van der Waals surface area contributed by atoms with E-state index >= 15 is 0 Å². The van der Waals surface area contributed by atoms with Crippen molar-refractivity contribution in [2.45, 2.75) is 141 Å². The fraction of sp³-hybridized carbons (Fsp3) is 0.880. The van der Waals surface area contributed by atoms with Crippen LogP contribution in [0.15, 0.2) is 18.7 Å². The number of rotatable bonds is 8. The highest BCUT2D eigenvalue weighted by molar-refractivity contribution is 4.97. The van der Waals surface area contributed by atoms with Gasteiger partial charge in [0, 0.05) is 22.2 Å². The molecule has 0 amide bonds. The number of ether oxygens (including phenoxy) is 2. The molecule has 2 unspecified atom stereocenters. The summed E-state index contributed by atoms with van der Waals surface area (Å²) in [7, 11) is 0. The summed E-state index contributed by atoms with van der Waals surface area (Å²) in [4.78, 5) is 0. The highest BCUT2D eigenvalue weighted by atomic mass is 16.6. The maximum atomic E-state index is 10.6. The molecule has 0 bridgehead atoms. The summed E-state index contributed by atoms with van der Waals surface area (Å²) in [6, 6.07) is 0. The van der Waals surface area contributed by atoms with Crippen molar-refractivity contribution < 1.29 is 34.7 Å². The monoisotopic (exact) mass is 499 g/mol. The van der Waals surface area contributed by atoms with Crippen LogP contribution in [0.2, 0.25) is 0 Å². The summed E-state index contributed by atoms with van der Waals surface area (Å²) >= 11 is 0. The minimum absolute atomic E-state index is 0.171. The molecule has 2 aliphatic rings. The van der Waals surface area contributed by atoms with Crippen LogP contribution in [0.25, 0.3) is 0 Å². The summed E-state index contributed by atoms with van der Waals surface area (Å²) < 4.78 is 15.5. The first-order valence-electron chi connectivity index (χ1n) is 12.6. The molecule has 10 heteroatoms. The number of piperidine rings is 2. The summed E-state index contributed by atoms with van der Waals surface area (Å²) in [5.41, 5.74) is -1.79. The van der Waals surface area contributed by atoms with Gasteiger partial charge in [-0.1, -0.05) is 0 Å². The first kappa shape index (κ1) is 28.5. The zero-order valence-electron chi connectivity index (χ0n) is 22.7. The minimum atomic E-state index is -0.994. The third-order valence-corrected chi connectivity index (χ3v) is 7.38. The van der Waals surface area contributed by atoms with E-state index in [0.717, 1.165) is 0 Å². The van der Waals surface area contributed by atoms with Crippen LogP contribution in [-0.4, -0.2) is 82.3 Å². The second kappa shape index (κ2) is 9.98. The van der Waals surface area contributed by atoms with Crippen LogP contribution in [0.3, 0.4) is 0 Å². The van der Waals surface area contributed by atoms with E-state index < -0.39 is 34.7 Å². The lowest BCUT2D eigenvalue weighted by Gasteiger charge is -2.51. The molecule has 35 heavy (non-hydrogen) atoms. The van der Waals surface area contributed by atoms with Crippen LogP contribution in [0, 0.1) is 0 Å². The Bertz CT molecular complexity index is 752. The van der Waals surface area contributed by atoms with E-state index in [2.05, 4.69) is 0 Å². The number of hydrogen-bond acceptors (Lipinski definition) is 8. The molecule has 4 N–H and O–H groups in total. The van der Waals surface area contributed by atoms with E-state index in [1.54, 1.807) is 6.33 Å². The van der Waals surface area contributed by atoms with Crippen LogP contribution in [0.1, 0.15) is 81.1 Å². The average Bonchev–Trinajstić information content (AvgIpc) is 3.09. The molecule has 2 aliphatic heterocycles. The second-order valence-corrected chi connectivity index (χ2v) is 12.9. The fourth-order valence-electron chi connectivity index (χ4n) is 6.10. The molecule has 1 aromatic heterocycles. The Morgan fingerprint density at radius 1 is 0.771 bits per heavy atom. The van der Waals surface area contributed by atoms with Gasteiger partial charge in [0.25, 0.3) is 0 Å². The molecular weight excluding hydrogens is 452 g/mol. The largest absolute Gasteiger partial charge is 0.365 e. The molecule has 0 aliphatic carbocycles. The van der Waals surface area contributed by atoms with E-state index in [-0.39, 0.29) is 25.3 Å². The number of nitrogens with zero attached hydrogens (tertiary/aromatic N) is 4. The standard InChI is InChI=1S/C25H47N4O6/c1-22(2)11-18(12-23(3,4)28(22)32)34-20(30)15-26-9-10-27(17-26)16-21(31)35-19-13-24(5,6)29(33)25(7,8)14-19/h9-10,17-21,30-33H,11-16H2,1-8H3/q+1. The summed E-state index contributed by atoms with van der Waals surface area (Å²) in [5, 5.41) is 44.8. The van der Waals surface area contributed by atoms with Gasteiger partial charge in [-0.2, -0.15) is 10.1 Å². The normalized spacial score (nSPS) is 27.1. The lowest BCUT2D eigenvalue weighted by Crippen LogP contribution is -2.61. The van der Waals surface area contributed by atoms with Gasteiger partial charge >= 0.3 is 0 Å². The lowest BCUT2D eigenvalue weighted by atomic mass is 9.80. The highest BCUT2D eigenvalue weighted by Crippen LogP contribution is 2.39.